The molecule has 106 valence electrons. The van der Waals surface area contributed by atoms with Crippen molar-refractivity contribution in [2.75, 3.05) is 11.9 Å². The maximum atomic E-state index is 12.9. The number of halogens is 2. The molecule has 0 aliphatic rings. The lowest BCUT2D eigenvalue weighted by Gasteiger charge is -2.10. The zero-order chi connectivity index (χ0) is 14.5. The first-order chi connectivity index (χ1) is 9.58. The number of non-ortho nitro benzene ring substituents is 1. The quantitative estimate of drug-likeness (QED) is 0.630. The number of nitrogens with zero attached hydrogens (tertiary/aromatic N) is 2. The van der Waals surface area contributed by atoms with E-state index < -0.39 is 11.3 Å². The lowest BCUT2D eigenvalue weighted by molar-refractivity contribution is -0.385. The fourth-order valence-electron chi connectivity index (χ4n) is 1.76. The number of nitro benzene ring substituents is 1. The van der Waals surface area contributed by atoms with Crippen molar-refractivity contribution in [1.82, 2.24) is 9.97 Å². The van der Waals surface area contributed by atoms with Gasteiger partial charge in [0, 0.05) is 48.7 Å². The SMILES string of the molecule is O=[N+]([O-])c1ccc(NCCc2ncc[nH]2)c(C(F)F)c1. The lowest BCUT2D eigenvalue weighted by Crippen LogP contribution is -2.08. The number of hydrogen-bond donors (Lipinski definition) is 2. The maximum Gasteiger partial charge on any atom is 0.270 e. The number of imidazole rings is 1. The van der Waals surface area contributed by atoms with E-state index in [4.69, 9.17) is 0 Å². The summed E-state index contributed by atoms with van der Waals surface area (Å²) in [6.07, 6.45) is 1.03. The van der Waals surface area contributed by atoms with Crippen LogP contribution in [0.2, 0.25) is 0 Å². The summed E-state index contributed by atoms with van der Waals surface area (Å²) in [5.74, 6) is 0.734. The summed E-state index contributed by atoms with van der Waals surface area (Å²) in [5.41, 5.74) is -0.535. The molecule has 1 aromatic heterocycles. The summed E-state index contributed by atoms with van der Waals surface area (Å²) in [6.45, 7) is 0.394. The van der Waals surface area contributed by atoms with Gasteiger partial charge in [-0.05, 0) is 6.07 Å². The van der Waals surface area contributed by atoms with Crippen LogP contribution in [0.25, 0.3) is 0 Å². The van der Waals surface area contributed by atoms with Crippen molar-refractivity contribution in [2.24, 2.45) is 0 Å². The van der Waals surface area contributed by atoms with Gasteiger partial charge in [0.1, 0.15) is 5.82 Å². The van der Waals surface area contributed by atoms with E-state index in [9.17, 15) is 18.9 Å². The van der Waals surface area contributed by atoms with Crippen LogP contribution < -0.4 is 5.32 Å². The van der Waals surface area contributed by atoms with E-state index in [0.29, 0.717) is 13.0 Å². The smallest absolute Gasteiger partial charge is 0.270 e. The molecular formula is C12H12F2N4O2. The number of aromatic nitrogens is 2. The Hall–Kier alpha value is -2.51. The molecule has 0 saturated heterocycles. The third-order valence-electron chi connectivity index (χ3n) is 2.71. The first-order valence-corrected chi connectivity index (χ1v) is 5.86. The summed E-state index contributed by atoms with van der Waals surface area (Å²) in [6, 6.07) is 3.38. The van der Waals surface area contributed by atoms with Crippen LogP contribution in [0.3, 0.4) is 0 Å². The average Bonchev–Trinajstić information content (AvgIpc) is 2.91. The first kappa shape index (κ1) is 13.9. The molecule has 0 bridgehead atoms. The van der Waals surface area contributed by atoms with Crippen LogP contribution in [-0.2, 0) is 6.42 Å². The van der Waals surface area contributed by atoms with Gasteiger partial charge in [0.2, 0.25) is 0 Å². The predicted octanol–water partition coefficient (Wildman–Crippen LogP) is 2.91. The Morgan fingerprint density at radius 2 is 2.25 bits per heavy atom. The third-order valence-corrected chi connectivity index (χ3v) is 2.71. The Kier molecular flexibility index (Phi) is 4.24. The van der Waals surface area contributed by atoms with Gasteiger partial charge in [-0.1, -0.05) is 0 Å². The second-order valence-electron chi connectivity index (χ2n) is 4.04. The number of H-pyrrole nitrogens is 1. The average molecular weight is 282 g/mol. The molecule has 2 N–H and O–H groups in total. The maximum absolute atomic E-state index is 12.9. The largest absolute Gasteiger partial charge is 0.384 e. The molecule has 2 rings (SSSR count). The highest BCUT2D eigenvalue weighted by Gasteiger charge is 2.17. The van der Waals surface area contributed by atoms with E-state index in [0.717, 1.165) is 11.9 Å². The number of nitrogens with one attached hydrogen (secondary N) is 2. The molecule has 6 nitrogen and oxygen atoms in total. The Bertz CT molecular complexity index is 587. The van der Waals surface area contributed by atoms with Gasteiger partial charge >= 0.3 is 0 Å². The van der Waals surface area contributed by atoms with Gasteiger partial charge in [-0.25, -0.2) is 13.8 Å². The van der Waals surface area contributed by atoms with Crippen LogP contribution in [0.4, 0.5) is 20.2 Å². The van der Waals surface area contributed by atoms with Crippen molar-refractivity contribution in [3.05, 3.63) is 52.1 Å². The molecular weight excluding hydrogens is 270 g/mol. The molecule has 1 aromatic carbocycles. The number of aromatic amines is 1. The van der Waals surface area contributed by atoms with E-state index in [-0.39, 0.29) is 16.9 Å². The zero-order valence-electron chi connectivity index (χ0n) is 10.3. The summed E-state index contributed by atoms with van der Waals surface area (Å²) in [4.78, 5) is 16.8. The molecule has 20 heavy (non-hydrogen) atoms. The van der Waals surface area contributed by atoms with Crippen LogP contribution in [0.15, 0.2) is 30.6 Å². The van der Waals surface area contributed by atoms with Gasteiger partial charge in [-0.3, -0.25) is 10.1 Å². The second kappa shape index (κ2) is 6.09. The molecule has 0 unspecified atom stereocenters. The van der Waals surface area contributed by atoms with Crippen molar-refractivity contribution in [3.8, 4) is 0 Å². The van der Waals surface area contributed by atoms with Gasteiger partial charge in [0.05, 0.1) is 4.92 Å². The fourth-order valence-corrected chi connectivity index (χ4v) is 1.76. The van der Waals surface area contributed by atoms with E-state index in [1.54, 1.807) is 12.4 Å². The van der Waals surface area contributed by atoms with Crippen molar-refractivity contribution in [2.45, 2.75) is 12.8 Å². The van der Waals surface area contributed by atoms with E-state index in [1.807, 2.05) is 0 Å². The van der Waals surface area contributed by atoms with Crippen LogP contribution in [-0.4, -0.2) is 21.4 Å². The minimum atomic E-state index is -2.78. The number of rotatable bonds is 6. The molecule has 0 amide bonds. The lowest BCUT2D eigenvalue weighted by atomic mass is 10.1. The van der Waals surface area contributed by atoms with Crippen molar-refractivity contribution >= 4 is 11.4 Å². The molecule has 0 aliphatic heterocycles. The first-order valence-electron chi connectivity index (χ1n) is 5.86. The van der Waals surface area contributed by atoms with Crippen molar-refractivity contribution in [3.63, 3.8) is 0 Å². The summed E-state index contributed by atoms with van der Waals surface area (Å²) in [5, 5.41) is 13.4. The van der Waals surface area contributed by atoms with Gasteiger partial charge < -0.3 is 10.3 Å². The Morgan fingerprint density at radius 3 is 2.85 bits per heavy atom. The highest BCUT2D eigenvalue weighted by atomic mass is 19.3. The van der Waals surface area contributed by atoms with Crippen LogP contribution in [0.5, 0.6) is 0 Å². The Labute approximate surface area is 113 Å². The summed E-state index contributed by atoms with van der Waals surface area (Å²) >= 11 is 0. The van der Waals surface area contributed by atoms with Crippen LogP contribution >= 0.6 is 0 Å². The molecule has 0 atom stereocenters. The van der Waals surface area contributed by atoms with Gasteiger partial charge in [0.25, 0.3) is 12.1 Å². The fraction of sp³-hybridized carbons (Fsp3) is 0.250. The number of benzene rings is 1. The molecule has 1 heterocycles. The minimum absolute atomic E-state index is 0.192. The monoisotopic (exact) mass is 282 g/mol. The zero-order valence-corrected chi connectivity index (χ0v) is 10.3. The molecule has 8 heteroatoms. The standard InChI is InChI=1S/C12H12F2N4O2/c13-12(14)9-7-8(18(19)20)1-2-10(9)15-4-3-11-16-5-6-17-11/h1-2,5-7,12,15H,3-4H2,(H,16,17). The minimum Gasteiger partial charge on any atom is -0.384 e. The molecule has 0 fully saturated rings. The van der Waals surface area contributed by atoms with Gasteiger partial charge in [-0.2, -0.15) is 0 Å². The highest BCUT2D eigenvalue weighted by Crippen LogP contribution is 2.30. The number of nitro groups is 1. The molecule has 2 aromatic rings. The Morgan fingerprint density at radius 1 is 1.45 bits per heavy atom. The molecule has 0 saturated carbocycles. The van der Waals surface area contributed by atoms with Crippen molar-refractivity contribution < 1.29 is 13.7 Å². The molecule has 0 aliphatic carbocycles. The van der Waals surface area contributed by atoms with Crippen LogP contribution in [0.1, 0.15) is 17.8 Å². The number of alkyl halides is 2. The number of hydrogen-bond acceptors (Lipinski definition) is 4. The summed E-state index contributed by atoms with van der Waals surface area (Å²) < 4.78 is 25.8. The van der Waals surface area contributed by atoms with Crippen molar-refractivity contribution in [1.29, 1.82) is 0 Å². The second-order valence-corrected chi connectivity index (χ2v) is 4.04. The van der Waals surface area contributed by atoms with E-state index >= 15 is 0 Å². The topological polar surface area (TPSA) is 83.8 Å². The number of anilines is 1. The van der Waals surface area contributed by atoms with Gasteiger partial charge in [-0.15, -0.1) is 0 Å². The predicted molar refractivity (Wildman–Crippen MR) is 68.8 cm³/mol. The van der Waals surface area contributed by atoms with Crippen LogP contribution in [0, 0.1) is 10.1 Å². The highest BCUT2D eigenvalue weighted by molar-refractivity contribution is 5.56. The van der Waals surface area contributed by atoms with E-state index in [1.165, 1.54) is 12.1 Å². The molecule has 0 spiro atoms. The third kappa shape index (κ3) is 3.28. The normalized spacial score (nSPS) is 10.8. The Balaban J connectivity index is 2.08. The van der Waals surface area contributed by atoms with E-state index in [2.05, 4.69) is 15.3 Å². The van der Waals surface area contributed by atoms with Gasteiger partial charge in [0.15, 0.2) is 0 Å². The summed E-state index contributed by atoms with van der Waals surface area (Å²) in [7, 11) is 0. The molecule has 0 radical (unpaired) electrons.